The van der Waals surface area contributed by atoms with Crippen LogP contribution in [-0.4, -0.2) is 11.8 Å². The average Bonchev–Trinajstić information content (AvgIpc) is 2.26. The zero-order valence-electron chi connectivity index (χ0n) is 10.6. The first-order valence-corrected chi connectivity index (χ1v) is 5.87. The molecule has 16 heavy (non-hydrogen) atoms. The number of hydrogen-bond donors (Lipinski definition) is 1. The van der Waals surface area contributed by atoms with Gasteiger partial charge in [0, 0.05) is 24.1 Å². The minimum absolute atomic E-state index is 0.0691. The molecule has 1 N–H and O–H groups in total. The largest absolute Gasteiger partial charge is 0.310 e. The summed E-state index contributed by atoms with van der Waals surface area (Å²) in [5, 5.41) is 3.35. The fourth-order valence-corrected chi connectivity index (χ4v) is 1.44. The van der Waals surface area contributed by atoms with Crippen LogP contribution in [0.15, 0.2) is 24.3 Å². The van der Waals surface area contributed by atoms with Crippen LogP contribution < -0.4 is 5.32 Å². The zero-order valence-corrected chi connectivity index (χ0v) is 10.6. The molecule has 0 atom stereocenters. The molecule has 0 aromatic heterocycles. The summed E-state index contributed by atoms with van der Waals surface area (Å²) < 4.78 is 0. The number of hydrogen-bond acceptors (Lipinski definition) is 2. The molecule has 0 saturated heterocycles. The van der Waals surface area contributed by atoms with E-state index in [9.17, 15) is 4.79 Å². The molecule has 0 saturated carbocycles. The molecule has 1 aromatic rings. The van der Waals surface area contributed by atoms with Crippen LogP contribution in [0.3, 0.4) is 0 Å². The lowest BCUT2D eigenvalue weighted by molar-refractivity contribution is 0.0939. The second-order valence-electron chi connectivity index (χ2n) is 4.75. The van der Waals surface area contributed by atoms with E-state index in [0.29, 0.717) is 6.04 Å². The molecule has 0 aliphatic carbocycles. The maximum atomic E-state index is 11.7. The van der Waals surface area contributed by atoms with Gasteiger partial charge in [-0.05, 0) is 5.56 Å². The first-order valence-electron chi connectivity index (χ1n) is 5.87. The third kappa shape index (κ3) is 3.78. The van der Waals surface area contributed by atoms with Crippen molar-refractivity contribution >= 4 is 5.78 Å². The second kappa shape index (κ2) is 5.80. The van der Waals surface area contributed by atoms with Crippen LogP contribution >= 0.6 is 0 Å². The highest BCUT2D eigenvalue weighted by atomic mass is 16.1. The van der Waals surface area contributed by atoms with E-state index >= 15 is 0 Å². The standard InChI is InChI=1S/C14H21NO/c1-10(2)14(16)13-7-5-12(6-8-13)9-15-11(3)4/h5-8,10-11,15H,9H2,1-4H3. The maximum absolute atomic E-state index is 11.7. The molecule has 0 radical (unpaired) electrons. The molecule has 0 fully saturated rings. The van der Waals surface area contributed by atoms with Crippen molar-refractivity contribution in [2.45, 2.75) is 40.3 Å². The van der Waals surface area contributed by atoms with Gasteiger partial charge in [-0.3, -0.25) is 4.79 Å². The van der Waals surface area contributed by atoms with Gasteiger partial charge < -0.3 is 5.32 Å². The van der Waals surface area contributed by atoms with Crippen molar-refractivity contribution in [2.75, 3.05) is 0 Å². The van der Waals surface area contributed by atoms with Crippen LogP contribution in [-0.2, 0) is 6.54 Å². The van der Waals surface area contributed by atoms with Crippen molar-refractivity contribution in [3.05, 3.63) is 35.4 Å². The molecule has 0 bridgehead atoms. The quantitative estimate of drug-likeness (QED) is 0.771. The topological polar surface area (TPSA) is 29.1 Å². The lowest BCUT2D eigenvalue weighted by Gasteiger charge is -2.09. The predicted octanol–water partition coefficient (Wildman–Crippen LogP) is 3.02. The molecule has 1 rings (SSSR count). The first-order chi connectivity index (χ1) is 7.50. The number of benzene rings is 1. The van der Waals surface area contributed by atoms with E-state index < -0.39 is 0 Å². The Morgan fingerprint density at radius 1 is 1.12 bits per heavy atom. The molecule has 0 aliphatic heterocycles. The van der Waals surface area contributed by atoms with E-state index in [4.69, 9.17) is 0 Å². The summed E-state index contributed by atoms with van der Waals surface area (Å²) in [5.74, 6) is 0.281. The van der Waals surface area contributed by atoms with E-state index in [1.165, 1.54) is 5.56 Å². The summed E-state index contributed by atoms with van der Waals surface area (Å²) in [6.07, 6.45) is 0. The monoisotopic (exact) mass is 219 g/mol. The summed E-state index contributed by atoms with van der Waals surface area (Å²) in [6, 6.07) is 8.35. The number of carbonyl (C=O) groups excluding carboxylic acids is 1. The Balaban J connectivity index is 2.64. The average molecular weight is 219 g/mol. The number of carbonyl (C=O) groups is 1. The smallest absolute Gasteiger partial charge is 0.165 e. The van der Waals surface area contributed by atoms with Gasteiger partial charge in [0.15, 0.2) is 5.78 Å². The fraction of sp³-hybridized carbons (Fsp3) is 0.500. The molecular weight excluding hydrogens is 198 g/mol. The van der Waals surface area contributed by atoms with Crippen molar-refractivity contribution in [3.63, 3.8) is 0 Å². The highest BCUT2D eigenvalue weighted by Gasteiger charge is 2.09. The summed E-state index contributed by atoms with van der Waals surface area (Å²) in [5.41, 5.74) is 2.03. The molecule has 88 valence electrons. The summed E-state index contributed by atoms with van der Waals surface area (Å²) in [6.45, 7) is 8.95. The Morgan fingerprint density at radius 3 is 2.12 bits per heavy atom. The summed E-state index contributed by atoms with van der Waals surface area (Å²) in [7, 11) is 0. The Kier molecular flexibility index (Phi) is 4.69. The van der Waals surface area contributed by atoms with Gasteiger partial charge >= 0.3 is 0 Å². The second-order valence-corrected chi connectivity index (χ2v) is 4.75. The van der Waals surface area contributed by atoms with Crippen molar-refractivity contribution in [1.82, 2.24) is 5.32 Å². The molecule has 1 aromatic carbocycles. The maximum Gasteiger partial charge on any atom is 0.165 e. The molecular formula is C14H21NO. The van der Waals surface area contributed by atoms with E-state index in [2.05, 4.69) is 19.2 Å². The molecule has 2 heteroatoms. The summed E-state index contributed by atoms with van der Waals surface area (Å²) >= 11 is 0. The van der Waals surface area contributed by atoms with Crippen molar-refractivity contribution in [1.29, 1.82) is 0 Å². The van der Waals surface area contributed by atoms with Crippen LogP contribution in [0.2, 0.25) is 0 Å². The van der Waals surface area contributed by atoms with E-state index in [1.807, 2.05) is 38.1 Å². The van der Waals surface area contributed by atoms with Crippen molar-refractivity contribution in [3.8, 4) is 0 Å². The molecule has 0 unspecified atom stereocenters. The van der Waals surface area contributed by atoms with E-state index in [1.54, 1.807) is 0 Å². The van der Waals surface area contributed by atoms with Crippen LogP contribution in [0.1, 0.15) is 43.6 Å². The van der Waals surface area contributed by atoms with Crippen LogP contribution in [0.5, 0.6) is 0 Å². The fourth-order valence-electron chi connectivity index (χ4n) is 1.44. The third-order valence-corrected chi connectivity index (χ3v) is 2.48. The molecule has 0 aliphatic rings. The Bertz CT molecular complexity index is 338. The Morgan fingerprint density at radius 2 is 1.69 bits per heavy atom. The lowest BCUT2D eigenvalue weighted by atomic mass is 10.00. The van der Waals surface area contributed by atoms with Crippen LogP contribution in [0, 0.1) is 5.92 Å². The van der Waals surface area contributed by atoms with Crippen LogP contribution in [0.4, 0.5) is 0 Å². The lowest BCUT2D eigenvalue weighted by Crippen LogP contribution is -2.21. The molecule has 2 nitrogen and oxygen atoms in total. The van der Waals surface area contributed by atoms with Gasteiger partial charge in [0.25, 0.3) is 0 Å². The number of ketones is 1. The van der Waals surface area contributed by atoms with Crippen molar-refractivity contribution < 1.29 is 4.79 Å². The highest BCUT2D eigenvalue weighted by Crippen LogP contribution is 2.10. The van der Waals surface area contributed by atoms with Gasteiger partial charge in [-0.25, -0.2) is 0 Å². The van der Waals surface area contributed by atoms with E-state index in [0.717, 1.165) is 12.1 Å². The molecule has 0 amide bonds. The van der Waals surface area contributed by atoms with Crippen molar-refractivity contribution in [2.24, 2.45) is 5.92 Å². The predicted molar refractivity (Wildman–Crippen MR) is 67.6 cm³/mol. The first kappa shape index (κ1) is 12.9. The number of Topliss-reactive ketones (excluding diaryl/α,β-unsaturated/α-hetero) is 1. The minimum Gasteiger partial charge on any atom is -0.310 e. The third-order valence-electron chi connectivity index (χ3n) is 2.48. The normalized spacial score (nSPS) is 11.1. The number of rotatable bonds is 5. The Hall–Kier alpha value is -1.15. The number of nitrogens with one attached hydrogen (secondary N) is 1. The zero-order chi connectivity index (χ0) is 12.1. The van der Waals surface area contributed by atoms with Gasteiger partial charge in [0.1, 0.15) is 0 Å². The summed E-state index contributed by atoms with van der Waals surface area (Å²) in [4.78, 5) is 11.7. The molecule has 0 heterocycles. The van der Waals surface area contributed by atoms with Gasteiger partial charge in [0.05, 0.1) is 0 Å². The van der Waals surface area contributed by atoms with Gasteiger partial charge in [-0.15, -0.1) is 0 Å². The van der Waals surface area contributed by atoms with Crippen LogP contribution in [0.25, 0.3) is 0 Å². The van der Waals surface area contributed by atoms with Gasteiger partial charge in [-0.2, -0.15) is 0 Å². The molecule has 0 spiro atoms. The van der Waals surface area contributed by atoms with Gasteiger partial charge in [-0.1, -0.05) is 52.0 Å². The van der Waals surface area contributed by atoms with E-state index in [-0.39, 0.29) is 11.7 Å². The highest BCUT2D eigenvalue weighted by molar-refractivity contribution is 5.97. The van der Waals surface area contributed by atoms with Gasteiger partial charge in [0.2, 0.25) is 0 Å². The Labute approximate surface area is 98.1 Å². The SMILES string of the molecule is CC(C)NCc1ccc(C(=O)C(C)C)cc1. The minimum atomic E-state index is 0.0691.